The molecule has 0 saturated heterocycles. The Morgan fingerprint density at radius 2 is 2.20 bits per heavy atom. The smallest absolute Gasteiger partial charge is 0.269 e. The molecule has 0 aliphatic carbocycles. The van der Waals surface area contributed by atoms with Crippen LogP contribution in [0.15, 0.2) is 18.2 Å². The largest absolute Gasteiger partial charge is 0.390 e. The van der Waals surface area contributed by atoms with Crippen molar-refractivity contribution in [3.63, 3.8) is 0 Å². The van der Waals surface area contributed by atoms with Gasteiger partial charge >= 0.3 is 0 Å². The first kappa shape index (κ1) is 14.7. The van der Waals surface area contributed by atoms with Crippen molar-refractivity contribution in [3.8, 4) is 0 Å². The van der Waals surface area contributed by atoms with Crippen LogP contribution in [0.4, 0.5) is 11.4 Å². The number of aliphatic hydroxyl groups excluding tert-OH is 1. The molecule has 1 aliphatic heterocycles. The SMILES string of the molecule is O=C1CCCc2cc([N+](=O)[O-])ccc2N1CC(O)CCl. The number of nitrogens with zero attached hydrogens (tertiary/aromatic N) is 2. The standard InChI is InChI=1S/C13H15ClN2O4/c14-7-11(17)8-15-12-5-4-10(16(19)20)6-9(12)2-1-3-13(15)18/h4-6,11,17H,1-3,7-8H2. The maximum Gasteiger partial charge on any atom is 0.269 e. The third kappa shape index (κ3) is 3.08. The predicted octanol–water partition coefficient (Wildman–Crippen LogP) is 1.86. The highest BCUT2D eigenvalue weighted by atomic mass is 35.5. The van der Waals surface area contributed by atoms with E-state index in [9.17, 15) is 20.0 Å². The van der Waals surface area contributed by atoms with Crippen LogP contribution in [-0.2, 0) is 11.2 Å². The highest BCUT2D eigenvalue weighted by Crippen LogP contribution is 2.30. The number of hydrogen-bond acceptors (Lipinski definition) is 4. The Morgan fingerprint density at radius 1 is 1.45 bits per heavy atom. The summed E-state index contributed by atoms with van der Waals surface area (Å²) in [6.45, 7) is 0.104. The van der Waals surface area contributed by atoms with E-state index in [-0.39, 0.29) is 24.0 Å². The van der Waals surface area contributed by atoms with Gasteiger partial charge in [-0.25, -0.2) is 0 Å². The number of anilines is 1. The van der Waals surface area contributed by atoms with E-state index in [2.05, 4.69) is 0 Å². The molecule has 1 heterocycles. The second-order valence-corrected chi connectivity index (χ2v) is 5.04. The van der Waals surface area contributed by atoms with Crippen LogP contribution in [0.1, 0.15) is 18.4 Å². The quantitative estimate of drug-likeness (QED) is 0.522. The molecule has 20 heavy (non-hydrogen) atoms. The Labute approximate surface area is 121 Å². The zero-order valence-corrected chi connectivity index (χ0v) is 11.5. The van der Waals surface area contributed by atoms with Crippen molar-refractivity contribution in [1.29, 1.82) is 0 Å². The van der Waals surface area contributed by atoms with Crippen LogP contribution in [0.3, 0.4) is 0 Å². The molecule has 1 N–H and O–H groups in total. The average molecular weight is 299 g/mol. The second-order valence-electron chi connectivity index (χ2n) is 4.74. The van der Waals surface area contributed by atoms with Crippen molar-refractivity contribution >= 4 is 28.9 Å². The topological polar surface area (TPSA) is 83.7 Å². The third-order valence-corrected chi connectivity index (χ3v) is 3.63. The molecule has 1 aromatic carbocycles. The number of benzene rings is 1. The fraction of sp³-hybridized carbons (Fsp3) is 0.462. The van der Waals surface area contributed by atoms with Gasteiger partial charge in [-0.1, -0.05) is 0 Å². The summed E-state index contributed by atoms with van der Waals surface area (Å²) >= 11 is 5.58. The van der Waals surface area contributed by atoms with Crippen molar-refractivity contribution in [2.75, 3.05) is 17.3 Å². The van der Waals surface area contributed by atoms with Gasteiger partial charge in [0.25, 0.3) is 5.69 Å². The number of carbonyl (C=O) groups excluding carboxylic acids is 1. The molecule has 6 nitrogen and oxygen atoms in total. The summed E-state index contributed by atoms with van der Waals surface area (Å²) in [7, 11) is 0. The molecule has 1 amide bonds. The lowest BCUT2D eigenvalue weighted by atomic mass is 10.1. The van der Waals surface area contributed by atoms with Gasteiger partial charge in [-0.15, -0.1) is 11.6 Å². The molecule has 1 unspecified atom stereocenters. The van der Waals surface area contributed by atoms with Gasteiger partial charge in [0.05, 0.1) is 23.5 Å². The van der Waals surface area contributed by atoms with Crippen LogP contribution < -0.4 is 4.90 Å². The molecular formula is C13H15ClN2O4. The van der Waals surface area contributed by atoms with E-state index in [1.807, 2.05) is 0 Å². The summed E-state index contributed by atoms with van der Waals surface area (Å²) < 4.78 is 0. The van der Waals surface area contributed by atoms with Crippen LogP contribution in [0.2, 0.25) is 0 Å². The van der Waals surface area contributed by atoms with Gasteiger partial charge in [0, 0.05) is 24.2 Å². The molecule has 0 spiro atoms. The second kappa shape index (κ2) is 6.19. The number of halogens is 1. The van der Waals surface area contributed by atoms with Crippen molar-refractivity contribution in [1.82, 2.24) is 0 Å². The molecule has 0 fully saturated rings. The first-order chi connectivity index (χ1) is 9.52. The minimum atomic E-state index is -0.818. The van der Waals surface area contributed by atoms with E-state index < -0.39 is 11.0 Å². The van der Waals surface area contributed by atoms with E-state index in [1.54, 1.807) is 6.07 Å². The Balaban J connectivity index is 2.38. The maximum atomic E-state index is 12.1. The fourth-order valence-electron chi connectivity index (χ4n) is 2.31. The Morgan fingerprint density at radius 3 is 2.85 bits per heavy atom. The summed E-state index contributed by atoms with van der Waals surface area (Å²) in [5.74, 6) is -0.0618. The number of β-amino-alcohol motifs (C(OH)–C–C–N with tert-alkyl or cyclic N) is 1. The number of nitro groups is 1. The summed E-state index contributed by atoms with van der Waals surface area (Å²) in [5, 5.41) is 20.5. The van der Waals surface area contributed by atoms with Gasteiger partial charge in [0.15, 0.2) is 0 Å². The van der Waals surface area contributed by atoms with E-state index in [4.69, 9.17) is 11.6 Å². The molecule has 1 aliphatic rings. The van der Waals surface area contributed by atoms with Gasteiger partial charge in [0.1, 0.15) is 0 Å². The van der Waals surface area contributed by atoms with E-state index in [1.165, 1.54) is 17.0 Å². The van der Waals surface area contributed by atoms with Gasteiger partial charge in [-0.2, -0.15) is 0 Å². The number of aryl methyl sites for hydroxylation is 1. The van der Waals surface area contributed by atoms with Gasteiger partial charge in [-0.3, -0.25) is 14.9 Å². The van der Waals surface area contributed by atoms with E-state index in [0.717, 1.165) is 5.56 Å². The first-order valence-corrected chi connectivity index (χ1v) is 6.88. The van der Waals surface area contributed by atoms with Crippen LogP contribution in [0.25, 0.3) is 0 Å². The van der Waals surface area contributed by atoms with Crippen molar-refractivity contribution in [3.05, 3.63) is 33.9 Å². The van der Waals surface area contributed by atoms with Crippen LogP contribution in [-0.4, -0.2) is 34.5 Å². The maximum absolute atomic E-state index is 12.1. The number of non-ortho nitro benzene ring substituents is 1. The van der Waals surface area contributed by atoms with Crippen molar-refractivity contribution in [2.45, 2.75) is 25.4 Å². The molecule has 1 aromatic rings. The zero-order chi connectivity index (χ0) is 14.7. The number of amides is 1. The lowest BCUT2D eigenvalue weighted by molar-refractivity contribution is -0.384. The van der Waals surface area contributed by atoms with Crippen molar-refractivity contribution in [2.24, 2.45) is 0 Å². The van der Waals surface area contributed by atoms with Crippen LogP contribution >= 0.6 is 11.6 Å². The normalized spacial score (nSPS) is 16.5. The lowest BCUT2D eigenvalue weighted by Gasteiger charge is -2.24. The minimum Gasteiger partial charge on any atom is -0.390 e. The Kier molecular flexibility index (Phi) is 4.57. The first-order valence-electron chi connectivity index (χ1n) is 6.34. The molecule has 1 atom stereocenters. The number of fused-ring (bicyclic) bond motifs is 1. The monoisotopic (exact) mass is 298 g/mol. The Hall–Kier alpha value is -1.66. The number of aliphatic hydroxyl groups is 1. The molecule has 108 valence electrons. The van der Waals surface area contributed by atoms with Gasteiger partial charge in [0.2, 0.25) is 5.91 Å². The number of hydrogen-bond donors (Lipinski definition) is 1. The molecule has 0 radical (unpaired) electrons. The van der Waals surface area contributed by atoms with Crippen LogP contribution in [0.5, 0.6) is 0 Å². The Bertz CT molecular complexity index is 535. The summed E-state index contributed by atoms with van der Waals surface area (Å²) in [5.41, 5.74) is 1.39. The summed E-state index contributed by atoms with van der Waals surface area (Å²) in [4.78, 5) is 23.9. The molecule has 7 heteroatoms. The van der Waals surface area contributed by atoms with E-state index in [0.29, 0.717) is 24.9 Å². The number of rotatable bonds is 4. The predicted molar refractivity (Wildman–Crippen MR) is 75.1 cm³/mol. The zero-order valence-electron chi connectivity index (χ0n) is 10.8. The summed E-state index contributed by atoms with van der Waals surface area (Å²) in [6, 6.07) is 4.43. The molecule has 0 saturated carbocycles. The number of nitro benzene ring substituents is 1. The highest BCUT2D eigenvalue weighted by Gasteiger charge is 2.25. The summed E-state index contributed by atoms with van der Waals surface area (Å²) in [6.07, 6.45) is 0.788. The molecule has 2 rings (SSSR count). The van der Waals surface area contributed by atoms with Gasteiger partial charge in [-0.05, 0) is 24.5 Å². The molecule has 0 aromatic heterocycles. The highest BCUT2D eigenvalue weighted by molar-refractivity contribution is 6.18. The third-order valence-electron chi connectivity index (χ3n) is 3.27. The average Bonchev–Trinajstić information content (AvgIpc) is 2.58. The molecule has 0 bridgehead atoms. The van der Waals surface area contributed by atoms with Crippen LogP contribution in [0, 0.1) is 10.1 Å². The molecular weight excluding hydrogens is 284 g/mol. The van der Waals surface area contributed by atoms with Crippen molar-refractivity contribution < 1.29 is 14.8 Å². The van der Waals surface area contributed by atoms with Gasteiger partial charge < -0.3 is 10.0 Å². The lowest BCUT2D eigenvalue weighted by Crippen LogP contribution is -2.38. The number of carbonyl (C=O) groups is 1. The minimum absolute atomic E-state index is 0.0101. The fourth-order valence-corrected chi connectivity index (χ4v) is 2.41. The van der Waals surface area contributed by atoms with E-state index >= 15 is 0 Å². The number of alkyl halides is 1.